The Bertz CT molecular complexity index is 887. The zero-order valence-corrected chi connectivity index (χ0v) is 19.5. The van der Waals surface area contributed by atoms with Gasteiger partial charge in [0.25, 0.3) is 5.91 Å². The Morgan fingerprint density at radius 2 is 1.72 bits per heavy atom. The molecule has 1 fully saturated rings. The van der Waals surface area contributed by atoms with Crippen molar-refractivity contribution in [2.45, 2.75) is 45.2 Å². The summed E-state index contributed by atoms with van der Waals surface area (Å²) in [5.41, 5.74) is 4.52. The zero-order chi connectivity index (χ0) is 22.6. The Labute approximate surface area is 192 Å². The number of hydrogen-bond acceptors (Lipinski definition) is 3. The molecule has 3 rings (SSSR count). The van der Waals surface area contributed by atoms with E-state index >= 15 is 0 Å². The smallest absolute Gasteiger partial charge is 0.251 e. The highest BCUT2D eigenvalue weighted by Crippen LogP contribution is 2.16. The molecule has 0 atom stereocenters. The lowest BCUT2D eigenvalue weighted by Crippen LogP contribution is -2.38. The second-order valence-electron chi connectivity index (χ2n) is 8.34. The number of carbonyl (C=O) groups is 1. The summed E-state index contributed by atoms with van der Waals surface area (Å²) in [5.74, 6) is 0.730. The van der Waals surface area contributed by atoms with E-state index < -0.39 is 0 Å². The van der Waals surface area contributed by atoms with Gasteiger partial charge in [-0.3, -0.25) is 14.7 Å². The number of nitrogens with one attached hydrogen (secondary N) is 3. The predicted molar refractivity (Wildman–Crippen MR) is 132 cm³/mol. The molecule has 3 N–H and O–H groups in total. The quantitative estimate of drug-likeness (QED) is 0.439. The minimum Gasteiger partial charge on any atom is -0.356 e. The Hall–Kier alpha value is -2.86. The molecule has 0 spiro atoms. The molecule has 1 heterocycles. The van der Waals surface area contributed by atoms with E-state index in [2.05, 4.69) is 50.1 Å². The van der Waals surface area contributed by atoms with Gasteiger partial charge in [-0.05, 0) is 61.2 Å². The monoisotopic (exact) mass is 435 g/mol. The Balaban J connectivity index is 1.50. The number of likely N-dealkylation sites (tertiary alicyclic amines) is 1. The molecular weight excluding hydrogens is 398 g/mol. The lowest BCUT2D eigenvalue weighted by atomic mass is 10.1. The number of benzene rings is 2. The summed E-state index contributed by atoms with van der Waals surface area (Å²) in [5, 5.41) is 9.52. The molecule has 2 aromatic carbocycles. The third-order valence-corrected chi connectivity index (χ3v) is 6.00. The Kier molecular flexibility index (Phi) is 9.57. The number of aliphatic imine (C=N–C) groups is 1. The van der Waals surface area contributed by atoms with Gasteiger partial charge in [-0.15, -0.1) is 0 Å². The van der Waals surface area contributed by atoms with Gasteiger partial charge in [0.2, 0.25) is 0 Å². The Morgan fingerprint density at radius 3 is 2.44 bits per heavy atom. The largest absolute Gasteiger partial charge is 0.356 e. The summed E-state index contributed by atoms with van der Waals surface area (Å²) in [4.78, 5) is 18.8. The van der Waals surface area contributed by atoms with E-state index in [9.17, 15) is 4.79 Å². The van der Waals surface area contributed by atoms with Crippen LogP contribution in [-0.4, -0.2) is 50.5 Å². The van der Waals surface area contributed by atoms with Crippen LogP contribution < -0.4 is 16.0 Å². The summed E-state index contributed by atoms with van der Waals surface area (Å²) in [6.45, 7) is 4.91. The predicted octanol–water partition coefficient (Wildman–Crippen LogP) is 3.33. The fourth-order valence-electron chi connectivity index (χ4n) is 4.16. The topological polar surface area (TPSA) is 68.8 Å². The van der Waals surface area contributed by atoms with Gasteiger partial charge in [0.05, 0.1) is 0 Å². The maximum atomic E-state index is 11.8. The molecule has 6 nitrogen and oxygen atoms in total. The van der Waals surface area contributed by atoms with Gasteiger partial charge < -0.3 is 16.0 Å². The summed E-state index contributed by atoms with van der Waals surface area (Å²) in [7, 11) is 3.45. The molecule has 2 aromatic rings. The molecular formula is C26H37N5O. The molecule has 6 heteroatoms. The maximum absolute atomic E-state index is 11.8. The summed E-state index contributed by atoms with van der Waals surface area (Å²) in [6.07, 6.45) is 6.15. The van der Waals surface area contributed by atoms with E-state index in [1.807, 2.05) is 24.3 Å². The lowest BCUT2D eigenvalue weighted by molar-refractivity contribution is 0.0963. The first-order valence-corrected chi connectivity index (χ1v) is 11.7. The van der Waals surface area contributed by atoms with Crippen LogP contribution in [0.1, 0.15) is 52.7 Å². The van der Waals surface area contributed by atoms with Crippen molar-refractivity contribution in [1.82, 2.24) is 20.9 Å². The van der Waals surface area contributed by atoms with Crippen molar-refractivity contribution in [2.75, 3.05) is 33.7 Å². The van der Waals surface area contributed by atoms with Crippen LogP contribution in [-0.2, 0) is 19.5 Å². The molecule has 32 heavy (non-hydrogen) atoms. The average Bonchev–Trinajstić information content (AvgIpc) is 3.10. The molecule has 1 aliphatic heterocycles. The van der Waals surface area contributed by atoms with E-state index in [4.69, 9.17) is 0 Å². The van der Waals surface area contributed by atoms with Crippen LogP contribution in [0.5, 0.6) is 0 Å². The molecule has 0 unspecified atom stereocenters. The van der Waals surface area contributed by atoms with Crippen LogP contribution in [0.2, 0.25) is 0 Å². The first kappa shape index (κ1) is 23.8. The molecule has 0 aromatic heterocycles. The van der Waals surface area contributed by atoms with Crippen molar-refractivity contribution < 1.29 is 4.79 Å². The second kappa shape index (κ2) is 12.9. The molecule has 1 aliphatic rings. The summed E-state index contributed by atoms with van der Waals surface area (Å²) in [6, 6.07) is 16.4. The lowest BCUT2D eigenvalue weighted by Gasteiger charge is -2.22. The van der Waals surface area contributed by atoms with Crippen molar-refractivity contribution in [2.24, 2.45) is 4.99 Å². The van der Waals surface area contributed by atoms with Crippen LogP contribution in [0.3, 0.4) is 0 Å². The van der Waals surface area contributed by atoms with Crippen LogP contribution in [0.15, 0.2) is 53.5 Å². The van der Waals surface area contributed by atoms with Crippen LogP contribution in [0.4, 0.5) is 0 Å². The number of nitrogens with zero attached hydrogens (tertiary/aromatic N) is 2. The summed E-state index contributed by atoms with van der Waals surface area (Å²) >= 11 is 0. The molecule has 0 saturated carbocycles. The van der Waals surface area contributed by atoms with Gasteiger partial charge in [-0.2, -0.15) is 0 Å². The standard InChI is InChI=1S/C26H37N5O/c1-27-25(32)22-13-9-10-21(18-22)14-15-29-26(28-2)30-19-23-11-5-6-12-24(23)20-31-16-7-3-4-8-17-31/h5-6,9-13,18H,3-4,7-8,14-17,19-20H2,1-2H3,(H,27,32)(H2,28,29,30). The van der Waals surface area contributed by atoms with Crippen LogP contribution in [0.25, 0.3) is 0 Å². The fraction of sp³-hybridized carbons (Fsp3) is 0.462. The Morgan fingerprint density at radius 1 is 0.969 bits per heavy atom. The number of carbonyl (C=O) groups excluding carboxylic acids is 1. The van der Waals surface area contributed by atoms with Crippen molar-refractivity contribution >= 4 is 11.9 Å². The number of hydrogen-bond donors (Lipinski definition) is 3. The highest BCUT2D eigenvalue weighted by molar-refractivity contribution is 5.94. The van der Waals surface area contributed by atoms with Crippen molar-refractivity contribution in [3.05, 3.63) is 70.8 Å². The first-order chi connectivity index (χ1) is 15.7. The van der Waals surface area contributed by atoms with Crippen molar-refractivity contribution in [3.63, 3.8) is 0 Å². The van der Waals surface area contributed by atoms with Crippen molar-refractivity contribution in [1.29, 1.82) is 0 Å². The fourth-order valence-corrected chi connectivity index (χ4v) is 4.16. The third kappa shape index (κ3) is 7.38. The van der Waals surface area contributed by atoms with Crippen LogP contribution in [0, 0.1) is 0 Å². The van der Waals surface area contributed by atoms with Gasteiger partial charge in [0.15, 0.2) is 5.96 Å². The van der Waals surface area contributed by atoms with Gasteiger partial charge in [0, 0.05) is 39.3 Å². The van der Waals surface area contributed by atoms with Gasteiger partial charge in [-0.25, -0.2) is 0 Å². The normalized spacial score (nSPS) is 15.1. The van der Waals surface area contributed by atoms with E-state index in [0.717, 1.165) is 37.6 Å². The number of rotatable bonds is 8. The molecule has 0 aliphatic carbocycles. The molecule has 172 valence electrons. The maximum Gasteiger partial charge on any atom is 0.251 e. The number of guanidine groups is 1. The minimum absolute atomic E-state index is 0.0591. The van der Waals surface area contributed by atoms with Gasteiger partial charge in [0.1, 0.15) is 0 Å². The highest BCUT2D eigenvalue weighted by Gasteiger charge is 2.12. The summed E-state index contributed by atoms with van der Waals surface area (Å²) < 4.78 is 0. The number of amides is 1. The van der Waals surface area contributed by atoms with E-state index in [-0.39, 0.29) is 5.91 Å². The first-order valence-electron chi connectivity index (χ1n) is 11.7. The van der Waals surface area contributed by atoms with E-state index in [0.29, 0.717) is 5.56 Å². The second-order valence-corrected chi connectivity index (χ2v) is 8.34. The zero-order valence-electron chi connectivity index (χ0n) is 19.5. The molecule has 0 bridgehead atoms. The van der Waals surface area contributed by atoms with Crippen LogP contribution >= 0.6 is 0 Å². The van der Waals surface area contributed by atoms with Gasteiger partial charge in [-0.1, -0.05) is 49.2 Å². The van der Waals surface area contributed by atoms with Crippen molar-refractivity contribution in [3.8, 4) is 0 Å². The molecule has 1 saturated heterocycles. The highest BCUT2D eigenvalue weighted by atomic mass is 16.1. The SMILES string of the molecule is CN=C(NCCc1cccc(C(=O)NC)c1)NCc1ccccc1CN1CCCCCC1. The molecule has 0 radical (unpaired) electrons. The van der Waals surface area contributed by atoms with E-state index in [1.165, 1.54) is 49.9 Å². The van der Waals surface area contributed by atoms with Gasteiger partial charge >= 0.3 is 0 Å². The van der Waals surface area contributed by atoms with E-state index in [1.54, 1.807) is 14.1 Å². The molecule has 1 amide bonds. The minimum atomic E-state index is -0.0591. The third-order valence-electron chi connectivity index (χ3n) is 6.00. The average molecular weight is 436 g/mol.